The van der Waals surface area contributed by atoms with Crippen LogP contribution in [-0.4, -0.2) is 10.9 Å². The fourth-order valence-electron chi connectivity index (χ4n) is 1.99. The van der Waals surface area contributed by atoms with Crippen LogP contribution in [0.5, 0.6) is 0 Å². The second-order valence-electron chi connectivity index (χ2n) is 4.88. The number of carbonyl (C=O) groups is 1. The Morgan fingerprint density at radius 3 is 2.65 bits per heavy atom. The normalized spacial score (nSPS) is 10.5. The molecule has 2 aromatic rings. The molecule has 0 bridgehead atoms. The highest BCUT2D eigenvalue weighted by Gasteiger charge is 2.06. The molecule has 1 aromatic heterocycles. The Labute approximate surface area is 124 Å². The zero-order valence-corrected chi connectivity index (χ0v) is 12.8. The summed E-state index contributed by atoms with van der Waals surface area (Å²) in [5.74, 6) is -0.0170. The van der Waals surface area contributed by atoms with Crippen LogP contribution in [0.2, 0.25) is 0 Å². The zero-order chi connectivity index (χ0) is 14.4. The number of rotatable bonds is 6. The van der Waals surface area contributed by atoms with E-state index in [9.17, 15) is 4.79 Å². The maximum absolute atomic E-state index is 11.9. The second kappa shape index (κ2) is 7.20. The molecule has 2 rings (SSSR count). The molecule has 0 saturated heterocycles. The molecule has 1 aromatic carbocycles. The molecule has 0 fully saturated rings. The fraction of sp³-hybridized carbons (Fsp3) is 0.375. The highest BCUT2D eigenvalue weighted by molar-refractivity contribution is 7.09. The van der Waals surface area contributed by atoms with Gasteiger partial charge < -0.3 is 5.32 Å². The van der Waals surface area contributed by atoms with E-state index in [4.69, 9.17) is 0 Å². The maximum Gasteiger partial charge on any atom is 0.230 e. The van der Waals surface area contributed by atoms with Crippen LogP contribution in [0.3, 0.4) is 0 Å². The highest BCUT2D eigenvalue weighted by Crippen LogP contribution is 2.13. The molecule has 0 aliphatic carbocycles. The van der Waals surface area contributed by atoms with Gasteiger partial charge in [-0.3, -0.25) is 4.79 Å². The summed E-state index contributed by atoms with van der Waals surface area (Å²) in [6, 6.07) is 8.10. The smallest absolute Gasteiger partial charge is 0.230 e. The van der Waals surface area contributed by atoms with Crippen molar-refractivity contribution in [2.75, 3.05) is 5.32 Å². The number of aryl methyl sites for hydroxylation is 2. The van der Waals surface area contributed by atoms with Gasteiger partial charge in [0.1, 0.15) is 0 Å². The van der Waals surface area contributed by atoms with Gasteiger partial charge in [-0.1, -0.05) is 25.5 Å². The van der Waals surface area contributed by atoms with Crippen LogP contribution >= 0.6 is 11.3 Å². The SMILES string of the molecule is CCCCc1ccc(NC(=O)Cc2csc(C)n2)cc1. The lowest BCUT2D eigenvalue weighted by Crippen LogP contribution is -2.14. The minimum atomic E-state index is -0.0170. The zero-order valence-electron chi connectivity index (χ0n) is 12.0. The van der Waals surface area contributed by atoms with Gasteiger partial charge in [-0.2, -0.15) is 0 Å². The van der Waals surface area contributed by atoms with Gasteiger partial charge in [-0.25, -0.2) is 4.98 Å². The van der Waals surface area contributed by atoms with E-state index < -0.39 is 0 Å². The van der Waals surface area contributed by atoms with E-state index >= 15 is 0 Å². The Bertz CT molecular complexity index is 560. The topological polar surface area (TPSA) is 42.0 Å². The van der Waals surface area contributed by atoms with Crippen LogP contribution in [-0.2, 0) is 17.6 Å². The molecule has 0 atom stereocenters. The molecule has 3 nitrogen and oxygen atoms in total. The molecule has 20 heavy (non-hydrogen) atoms. The quantitative estimate of drug-likeness (QED) is 0.873. The van der Waals surface area contributed by atoms with Crippen LogP contribution in [0.4, 0.5) is 5.69 Å². The molecule has 0 unspecified atom stereocenters. The highest BCUT2D eigenvalue weighted by atomic mass is 32.1. The Kier molecular flexibility index (Phi) is 5.30. The Balaban J connectivity index is 1.87. The summed E-state index contributed by atoms with van der Waals surface area (Å²) in [5.41, 5.74) is 3.01. The van der Waals surface area contributed by atoms with Crippen molar-refractivity contribution < 1.29 is 4.79 Å². The lowest BCUT2D eigenvalue weighted by Gasteiger charge is -2.05. The largest absolute Gasteiger partial charge is 0.326 e. The Morgan fingerprint density at radius 2 is 2.05 bits per heavy atom. The monoisotopic (exact) mass is 288 g/mol. The van der Waals surface area contributed by atoms with E-state index in [0.717, 1.165) is 22.8 Å². The molecule has 0 aliphatic rings. The van der Waals surface area contributed by atoms with E-state index in [0.29, 0.717) is 6.42 Å². The number of amides is 1. The molecule has 0 spiro atoms. The van der Waals surface area contributed by atoms with Crippen LogP contribution in [0.15, 0.2) is 29.6 Å². The Morgan fingerprint density at radius 1 is 1.30 bits per heavy atom. The van der Waals surface area contributed by atoms with E-state index in [2.05, 4.69) is 29.4 Å². The second-order valence-corrected chi connectivity index (χ2v) is 5.95. The van der Waals surface area contributed by atoms with Crippen molar-refractivity contribution in [1.29, 1.82) is 0 Å². The predicted octanol–water partition coefficient (Wildman–Crippen LogP) is 3.98. The lowest BCUT2D eigenvalue weighted by molar-refractivity contribution is -0.115. The number of unbranched alkanes of at least 4 members (excludes halogenated alkanes) is 1. The average molecular weight is 288 g/mol. The molecule has 1 heterocycles. The molecule has 1 amide bonds. The third-order valence-electron chi connectivity index (χ3n) is 3.06. The molecule has 0 aliphatic heterocycles. The standard InChI is InChI=1S/C16H20N2OS/c1-3-4-5-13-6-8-14(9-7-13)18-16(19)10-15-11-20-12(2)17-15/h6-9,11H,3-5,10H2,1-2H3,(H,18,19). The minimum Gasteiger partial charge on any atom is -0.326 e. The lowest BCUT2D eigenvalue weighted by atomic mass is 10.1. The van der Waals surface area contributed by atoms with Crippen molar-refractivity contribution in [1.82, 2.24) is 4.98 Å². The third kappa shape index (κ3) is 4.46. The van der Waals surface area contributed by atoms with Gasteiger partial charge in [0.15, 0.2) is 0 Å². The van der Waals surface area contributed by atoms with Crippen molar-refractivity contribution in [3.63, 3.8) is 0 Å². The van der Waals surface area contributed by atoms with E-state index in [1.807, 2.05) is 24.4 Å². The van der Waals surface area contributed by atoms with Gasteiger partial charge in [0.2, 0.25) is 5.91 Å². The molecule has 106 valence electrons. The van der Waals surface area contributed by atoms with Crippen molar-refractivity contribution in [3.8, 4) is 0 Å². The molecular formula is C16H20N2OS. The summed E-state index contributed by atoms with van der Waals surface area (Å²) >= 11 is 1.57. The molecule has 0 saturated carbocycles. The minimum absolute atomic E-state index is 0.0170. The van der Waals surface area contributed by atoms with Gasteiger partial charge in [0.05, 0.1) is 17.1 Å². The first-order valence-electron chi connectivity index (χ1n) is 6.97. The molecular weight excluding hydrogens is 268 g/mol. The van der Waals surface area contributed by atoms with E-state index in [1.165, 1.54) is 18.4 Å². The number of benzene rings is 1. The Hall–Kier alpha value is -1.68. The maximum atomic E-state index is 11.9. The summed E-state index contributed by atoms with van der Waals surface area (Å²) in [6.45, 7) is 4.13. The van der Waals surface area contributed by atoms with Crippen molar-refractivity contribution in [2.24, 2.45) is 0 Å². The summed E-state index contributed by atoms with van der Waals surface area (Å²) in [4.78, 5) is 16.2. The summed E-state index contributed by atoms with van der Waals surface area (Å²) < 4.78 is 0. The first-order chi connectivity index (χ1) is 9.67. The number of carbonyl (C=O) groups excluding carboxylic acids is 1. The van der Waals surface area contributed by atoms with E-state index in [1.54, 1.807) is 11.3 Å². The van der Waals surface area contributed by atoms with Crippen molar-refractivity contribution >= 4 is 22.9 Å². The number of nitrogens with one attached hydrogen (secondary N) is 1. The number of nitrogens with zero attached hydrogens (tertiary/aromatic N) is 1. The molecule has 0 radical (unpaired) electrons. The number of hydrogen-bond acceptors (Lipinski definition) is 3. The number of anilines is 1. The van der Waals surface area contributed by atoms with Crippen LogP contribution < -0.4 is 5.32 Å². The number of aromatic nitrogens is 1. The van der Waals surface area contributed by atoms with Crippen LogP contribution in [0.25, 0.3) is 0 Å². The van der Waals surface area contributed by atoms with Gasteiger partial charge in [-0.05, 0) is 37.5 Å². The number of thiazole rings is 1. The van der Waals surface area contributed by atoms with Gasteiger partial charge in [-0.15, -0.1) is 11.3 Å². The van der Waals surface area contributed by atoms with Gasteiger partial charge in [0.25, 0.3) is 0 Å². The van der Waals surface area contributed by atoms with Crippen LogP contribution in [0, 0.1) is 6.92 Å². The summed E-state index contributed by atoms with van der Waals surface area (Å²) in [5, 5.41) is 5.84. The molecule has 1 N–H and O–H groups in total. The van der Waals surface area contributed by atoms with Gasteiger partial charge in [0, 0.05) is 11.1 Å². The first kappa shape index (κ1) is 14.7. The third-order valence-corrected chi connectivity index (χ3v) is 3.89. The van der Waals surface area contributed by atoms with Crippen LogP contribution in [0.1, 0.15) is 36.0 Å². The van der Waals surface area contributed by atoms with Gasteiger partial charge >= 0.3 is 0 Å². The van der Waals surface area contributed by atoms with E-state index in [-0.39, 0.29) is 5.91 Å². The summed E-state index contributed by atoms with van der Waals surface area (Å²) in [7, 11) is 0. The predicted molar refractivity (Wildman–Crippen MR) is 84.2 cm³/mol. The first-order valence-corrected chi connectivity index (χ1v) is 7.85. The summed E-state index contributed by atoms with van der Waals surface area (Å²) in [6.07, 6.45) is 3.84. The fourth-order valence-corrected chi connectivity index (χ4v) is 2.61. The average Bonchev–Trinajstić information content (AvgIpc) is 2.83. The number of hydrogen-bond donors (Lipinski definition) is 1. The van der Waals surface area contributed by atoms with Crippen molar-refractivity contribution in [2.45, 2.75) is 39.5 Å². The molecule has 4 heteroatoms. The van der Waals surface area contributed by atoms with Crippen molar-refractivity contribution in [3.05, 3.63) is 45.9 Å².